The zero-order valence-electron chi connectivity index (χ0n) is 19.5. The minimum atomic E-state index is -0.280. The molecular formula is C28H26N4O3. The summed E-state index contributed by atoms with van der Waals surface area (Å²) in [5.41, 5.74) is 4.74. The predicted octanol–water partition coefficient (Wildman–Crippen LogP) is 4.77. The standard InChI is InChI=1S/C28H26N4O3/c1-19(33)29-23-10-12-24(13-11-23)30-27(34)18-35-25-8-4-7-21-9-14-26(31-28(21)25)32-16-15-20-5-2-3-6-22(20)17-32/h2-14H,15-18H2,1H3,(H,29,33)(H,30,34). The number of aromatic nitrogens is 1. The maximum absolute atomic E-state index is 12.5. The van der Waals surface area contributed by atoms with E-state index in [2.05, 4.69) is 39.8 Å². The van der Waals surface area contributed by atoms with E-state index in [9.17, 15) is 9.59 Å². The van der Waals surface area contributed by atoms with Crippen LogP contribution in [-0.4, -0.2) is 29.9 Å². The van der Waals surface area contributed by atoms with Crippen LogP contribution in [0.25, 0.3) is 10.9 Å². The van der Waals surface area contributed by atoms with Crippen molar-refractivity contribution in [2.75, 3.05) is 28.7 Å². The third kappa shape index (κ3) is 5.24. The highest BCUT2D eigenvalue weighted by Gasteiger charge is 2.18. The van der Waals surface area contributed by atoms with Gasteiger partial charge in [-0.05, 0) is 60.0 Å². The number of hydrogen-bond acceptors (Lipinski definition) is 5. The number of carbonyl (C=O) groups excluding carboxylic acids is 2. The number of nitrogens with zero attached hydrogens (tertiary/aromatic N) is 2. The Balaban J connectivity index is 1.27. The van der Waals surface area contributed by atoms with Crippen molar-refractivity contribution >= 4 is 39.9 Å². The van der Waals surface area contributed by atoms with Crippen molar-refractivity contribution in [1.29, 1.82) is 0 Å². The Labute approximate surface area is 203 Å². The van der Waals surface area contributed by atoms with Gasteiger partial charge in [0, 0.05) is 36.8 Å². The van der Waals surface area contributed by atoms with Gasteiger partial charge in [-0.15, -0.1) is 0 Å². The summed E-state index contributed by atoms with van der Waals surface area (Å²) in [7, 11) is 0. The van der Waals surface area contributed by atoms with E-state index in [-0.39, 0.29) is 18.4 Å². The molecule has 35 heavy (non-hydrogen) atoms. The predicted molar refractivity (Wildman–Crippen MR) is 138 cm³/mol. The monoisotopic (exact) mass is 466 g/mol. The first-order valence-electron chi connectivity index (χ1n) is 11.6. The van der Waals surface area contributed by atoms with Gasteiger partial charge in [0.05, 0.1) is 0 Å². The molecule has 0 spiro atoms. The highest BCUT2D eigenvalue weighted by Crippen LogP contribution is 2.29. The first kappa shape index (κ1) is 22.4. The second-order valence-electron chi connectivity index (χ2n) is 8.53. The van der Waals surface area contributed by atoms with Crippen LogP contribution in [-0.2, 0) is 22.6 Å². The fourth-order valence-corrected chi connectivity index (χ4v) is 4.27. The Morgan fingerprint density at radius 3 is 2.40 bits per heavy atom. The van der Waals surface area contributed by atoms with Crippen molar-refractivity contribution in [1.82, 2.24) is 4.98 Å². The first-order valence-corrected chi connectivity index (χ1v) is 11.6. The van der Waals surface area contributed by atoms with Gasteiger partial charge in [-0.3, -0.25) is 9.59 Å². The van der Waals surface area contributed by atoms with E-state index in [0.717, 1.165) is 36.2 Å². The molecule has 5 rings (SSSR count). The highest BCUT2D eigenvalue weighted by atomic mass is 16.5. The lowest BCUT2D eigenvalue weighted by Gasteiger charge is -2.30. The van der Waals surface area contributed by atoms with Crippen LogP contribution in [0, 0.1) is 0 Å². The fourth-order valence-electron chi connectivity index (χ4n) is 4.27. The van der Waals surface area contributed by atoms with Gasteiger partial charge in [0.25, 0.3) is 5.91 Å². The van der Waals surface area contributed by atoms with Crippen LogP contribution in [0.15, 0.2) is 78.9 Å². The molecule has 7 heteroatoms. The second-order valence-corrected chi connectivity index (χ2v) is 8.53. The van der Waals surface area contributed by atoms with E-state index in [4.69, 9.17) is 9.72 Å². The molecule has 7 nitrogen and oxygen atoms in total. The maximum Gasteiger partial charge on any atom is 0.262 e. The molecule has 2 N–H and O–H groups in total. The molecule has 0 bridgehead atoms. The normalized spacial score (nSPS) is 12.7. The SMILES string of the molecule is CC(=O)Nc1ccc(NC(=O)COc2cccc3ccc(N4CCc5ccccc5C4)nc23)cc1. The van der Waals surface area contributed by atoms with Crippen LogP contribution < -0.4 is 20.3 Å². The number of nitrogens with one attached hydrogen (secondary N) is 2. The van der Waals surface area contributed by atoms with Crippen LogP contribution in [0.1, 0.15) is 18.1 Å². The third-order valence-electron chi connectivity index (χ3n) is 5.97. The average Bonchev–Trinajstić information content (AvgIpc) is 2.87. The first-order chi connectivity index (χ1) is 17.0. The van der Waals surface area contributed by atoms with Gasteiger partial charge in [0.15, 0.2) is 6.61 Å². The number of amides is 2. The Morgan fingerprint density at radius 2 is 1.63 bits per heavy atom. The number of carbonyl (C=O) groups is 2. The summed E-state index contributed by atoms with van der Waals surface area (Å²) in [4.78, 5) is 30.8. The number of hydrogen-bond donors (Lipinski definition) is 2. The van der Waals surface area contributed by atoms with Gasteiger partial charge < -0.3 is 20.3 Å². The molecule has 2 heterocycles. The van der Waals surface area contributed by atoms with Gasteiger partial charge in [0.2, 0.25) is 5.91 Å². The minimum absolute atomic E-state index is 0.143. The molecule has 0 radical (unpaired) electrons. The van der Waals surface area contributed by atoms with Crippen molar-refractivity contribution < 1.29 is 14.3 Å². The molecule has 3 aromatic carbocycles. The largest absolute Gasteiger partial charge is 0.481 e. The van der Waals surface area contributed by atoms with Crippen LogP contribution in [0.3, 0.4) is 0 Å². The van der Waals surface area contributed by atoms with Crippen molar-refractivity contribution in [3.63, 3.8) is 0 Å². The van der Waals surface area contributed by atoms with Crippen LogP contribution >= 0.6 is 0 Å². The Kier molecular flexibility index (Phi) is 6.30. The van der Waals surface area contributed by atoms with Crippen LogP contribution in [0.5, 0.6) is 5.75 Å². The zero-order valence-corrected chi connectivity index (χ0v) is 19.5. The molecule has 0 saturated carbocycles. The van der Waals surface area contributed by atoms with Gasteiger partial charge in [-0.1, -0.05) is 36.4 Å². The lowest BCUT2D eigenvalue weighted by molar-refractivity contribution is -0.118. The number of para-hydroxylation sites is 1. The van der Waals surface area contributed by atoms with Gasteiger partial charge >= 0.3 is 0 Å². The van der Waals surface area contributed by atoms with Crippen molar-refractivity contribution in [3.8, 4) is 5.75 Å². The molecule has 1 aliphatic rings. The topological polar surface area (TPSA) is 83.6 Å². The Morgan fingerprint density at radius 1 is 0.886 bits per heavy atom. The molecule has 0 fully saturated rings. The lowest BCUT2D eigenvalue weighted by atomic mass is 10.00. The summed E-state index contributed by atoms with van der Waals surface area (Å²) in [5.74, 6) is 1.04. The molecule has 0 aliphatic carbocycles. The molecule has 0 unspecified atom stereocenters. The number of ether oxygens (including phenoxy) is 1. The molecular weight excluding hydrogens is 440 g/mol. The van der Waals surface area contributed by atoms with Crippen LogP contribution in [0.2, 0.25) is 0 Å². The summed E-state index contributed by atoms with van der Waals surface area (Å²) in [6.45, 7) is 3.03. The number of benzene rings is 3. The zero-order chi connectivity index (χ0) is 24.2. The summed E-state index contributed by atoms with van der Waals surface area (Å²) in [6.07, 6.45) is 0.986. The average molecular weight is 467 g/mol. The quantitative estimate of drug-likeness (QED) is 0.428. The van der Waals surface area contributed by atoms with E-state index in [1.807, 2.05) is 30.3 Å². The summed E-state index contributed by atoms with van der Waals surface area (Å²) in [5, 5.41) is 6.46. The van der Waals surface area contributed by atoms with Crippen LogP contribution in [0.4, 0.5) is 17.2 Å². The summed E-state index contributed by atoms with van der Waals surface area (Å²) in [6, 6.07) is 25.2. The smallest absolute Gasteiger partial charge is 0.262 e. The minimum Gasteiger partial charge on any atom is -0.481 e. The van der Waals surface area contributed by atoms with E-state index in [1.54, 1.807) is 24.3 Å². The maximum atomic E-state index is 12.5. The highest BCUT2D eigenvalue weighted by molar-refractivity contribution is 5.93. The molecule has 0 saturated heterocycles. The van der Waals surface area contributed by atoms with Crippen molar-refractivity contribution in [2.45, 2.75) is 19.9 Å². The second kappa shape index (κ2) is 9.85. The van der Waals surface area contributed by atoms with Crippen molar-refractivity contribution in [2.24, 2.45) is 0 Å². The summed E-state index contributed by atoms with van der Waals surface area (Å²) >= 11 is 0. The Hall–Kier alpha value is -4.39. The fraction of sp³-hybridized carbons (Fsp3) is 0.179. The summed E-state index contributed by atoms with van der Waals surface area (Å²) < 4.78 is 5.88. The molecule has 0 atom stereocenters. The lowest BCUT2D eigenvalue weighted by Crippen LogP contribution is -2.30. The van der Waals surface area contributed by atoms with Gasteiger partial charge in [0.1, 0.15) is 17.1 Å². The Bertz CT molecular complexity index is 1380. The van der Waals surface area contributed by atoms with Gasteiger partial charge in [-0.2, -0.15) is 0 Å². The van der Waals surface area contributed by atoms with E-state index < -0.39 is 0 Å². The molecule has 4 aromatic rings. The van der Waals surface area contributed by atoms with E-state index in [0.29, 0.717) is 17.1 Å². The third-order valence-corrected chi connectivity index (χ3v) is 5.97. The molecule has 1 aromatic heterocycles. The number of pyridine rings is 1. The van der Waals surface area contributed by atoms with Gasteiger partial charge in [-0.25, -0.2) is 4.98 Å². The molecule has 1 aliphatic heterocycles. The van der Waals surface area contributed by atoms with E-state index >= 15 is 0 Å². The molecule has 176 valence electrons. The number of rotatable bonds is 6. The number of fused-ring (bicyclic) bond motifs is 2. The van der Waals surface area contributed by atoms with E-state index in [1.165, 1.54) is 18.1 Å². The number of anilines is 3. The van der Waals surface area contributed by atoms with Crippen molar-refractivity contribution in [3.05, 3.63) is 90.0 Å². The molecule has 2 amide bonds.